The van der Waals surface area contributed by atoms with Crippen molar-refractivity contribution in [2.45, 2.75) is 37.1 Å². The molecule has 0 saturated heterocycles. The highest BCUT2D eigenvalue weighted by atomic mass is 15.2. The Labute approximate surface area is 113 Å². The summed E-state index contributed by atoms with van der Waals surface area (Å²) in [7, 11) is 1.96. The van der Waals surface area contributed by atoms with E-state index < -0.39 is 0 Å². The molecule has 2 aliphatic carbocycles. The van der Waals surface area contributed by atoms with Crippen LogP contribution in [0.15, 0.2) is 30.6 Å². The molecule has 1 spiro atoms. The third-order valence-electron chi connectivity index (χ3n) is 4.88. The van der Waals surface area contributed by atoms with Crippen LogP contribution in [-0.4, -0.2) is 15.8 Å². The van der Waals surface area contributed by atoms with Gasteiger partial charge in [0.05, 0.1) is 6.20 Å². The van der Waals surface area contributed by atoms with Crippen LogP contribution in [0.3, 0.4) is 0 Å². The van der Waals surface area contributed by atoms with Crippen LogP contribution in [0.5, 0.6) is 0 Å². The van der Waals surface area contributed by atoms with Crippen LogP contribution in [0.1, 0.15) is 30.4 Å². The van der Waals surface area contributed by atoms with Gasteiger partial charge in [0.1, 0.15) is 0 Å². The van der Waals surface area contributed by atoms with E-state index in [1.54, 1.807) is 0 Å². The van der Waals surface area contributed by atoms with Crippen LogP contribution < -0.4 is 5.73 Å². The number of nitrogens with zero attached hydrogens (tertiary/aromatic N) is 2. The summed E-state index contributed by atoms with van der Waals surface area (Å²) in [4.78, 5) is 0. The molecule has 2 unspecified atom stereocenters. The van der Waals surface area contributed by atoms with E-state index in [1.165, 1.54) is 47.9 Å². The van der Waals surface area contributed by atoms with E-state index in [0.717, 1.165) is 0 Å². The Balaban J connectivity index is 1.79. The summed E-state index contributed by atoms with van der Waals surface area (Å²) < 4.78 is 1.85. The lowest BCUT2D eigenvalue weighted by atomic mass is 9.79. The number of fused-ring (bicyclic) bond motifs is 2. The smallest absolute Gasteiger partial charge is 0.0568 e. The molecule has 0 aliphatic heterocycles. The molecule has 2 aliphatic rings. The van der Waals surface area contributed by atoms with Crippen molar-refractivity contribution in [3.8, 4) is 11.1 Å². The van der Waals surface area contributed by atoms with Gasteiger partial charge in [-0.15, -0.1) is 0 Å². The predicted octanol–water partition coefficient (Wildman–Crippen LogP) is 2.39. The Kier molecular flexibility index (Phi) is 2.19. The SMILES string of the molecule is Cn1cc(-c2ccc3c(c2)CCCC32CC2N)cn1. The first kappa shape index (κ1) is 11.2. The maximum Gasteiger partial charge on any atom is 0.0568 e. The van der Waals surface area contributed by atoms with Crippen LogP contribution in [0, 0.1) is 0 Å². The van der Waals surface area contributed by atoms with Crippen LogP contribution >= 0.6 is 0 Å². The summed E-state index contributed by atoms with van der Waals surface area (Å²) in [5.41, 5.74) is 12.0. The number of hydrogen-bond donors (Lipinski definition) is 1. The van der Waals surface area contributed by atoms with Gasteiger partial charge in [-0.3, -0.25) is 4.68 Å². The Bertz CT molecular complexity index is 643. The van der Waals surface area contributed by atoms with Crippen LogP contribution in [0.2, 0.25) is 0 Å². The van der Waals surface area contributed by atoms with Gasteiger partial charge in [0.2, 0.25) is 0 Å². The van der Waals surface area contributed by atoms with Crippen LogP contribution in [0.25, 0.3) is 11.1 Å². The zero-order chi connectivity index (χ0) is 13.0. The molecule has 1 aromatic carbocycles. The second-order valence-electron chi connectivity index (χ2n) is 6.09. The van der Waals surface area contributed by atoms with Gasteiger partial charge in [-0.1, -0.05) is 18.2 Å². The van der Waals surface area contributed by atoms with Gasteiger partial charge in [-0.2, -0.15) is 5.10 Å². The second kappa shape index (κ2) is 3.70. The normalized spacial score (nSPS) is 28.4. The molecular weight excluding hydrogens is 234 g/mol. The highest BCUT2D eigenvalue weighted by molar-refractivity contribution is 5.65. The first-order chi connectivity index (χ1) is 9.19. The summed E-state index contributed by atoms with van der Waals surface area (Å²) >= 11 is 0. The minimum atomic E-state index is 0.320. The maximum absolute atomic E-state index is 6.19. The van der Waals surface area contributed by atoms with Gasteiger partial charge in [0.15, 0.2) is 0 Å². The second-order valence-corrected chi connectivity index (χ2v) is 6.09. The Morgan fingerprint density at radius 2 is 2.21 bits per heavy atom. The largest absolute Gasteiger partial charge is 0.327 e. The summed E-state index contributed by atoms with van der Waals surface area (Å²) in [6.07, 6.45) is 8.92. The molecule has 98 valence electrons. The first-order valence-corrected chi connectivity index (χ1v) is 7.07. The molecule has 19 heavy (non-hydrogen) atoms. The van der Waals surface area contributed by atoms with E-state index >= 15 is 0 Å². The summed E-state index contributed by atoms with van der Waals surface area (Å²) in [5, 5.41) is 4.25. The monoisotopic (exact) mass is 253 g/mol. The molecule has 0 amide bonds. The first-order valence-electron chi connectivity index (χ1n) is 7.07. The number of aromatic nitrogens is 2. The van der Waals surface area contributed by atoms with Crippen molar-refractivity contribution in [3.05, 3.63) is 41.7 Å². The third-order valence-corrected chi connectivity index (χ3v) is 4.88. The molecule has 4 rings (SSSR count). The lowest BCUT2D eigenvalue weighted by molar-refractivity contribution is 0.526. The van der Waals surface area contributed by atoms with Gasteiger partial charge >= 0.3 is 0 Å². The number of nitrogens with two attached hydrogens (primary N) is 1. The Hall–Kier alpha value is -1.61. The zero-order valence-electron chi connectivity index (χ0n) is 11.3. The molecule has 1 fully saturated rings. The minimum Gasteiger partial charge on any atom is -0.327 e. The van der Waals surface area contributed by atoms with Crippen molar-refractivity contribution >= 4 is 0 Å². The van der Waals surface area contributed by atoms with Gasteiger partial charge in [-0.05, 0) is 42.4 Å². The topological polar surface area (TPSA) is 43.8 Å². The van der Waals surface area contributed by atoms with E-state index in [2.05, 4.69) is 29.5 Å². The maximum atomic E-state index is 6.19. The molecule has 0 radical (unpaired) electrons. The quantitative estimate of drug-likeness (QED) is 0.848. The molecule has 2 atom stereocenters. The Morgan fingerprint density at radius 3 is 2.89 bits per heavy atom. The molecule has 1 heterocycles. The van der Waals surface area contributed by atoms with Crippen molar-refractivity contribution < 1.29 is 0 Å². The molecule has 2 N–H and O–H groups in total. The van der Waals surface area contributed by atoms with E-state index in [4.69, 9.17) is 5.73 Å². The van der Waals surface area contributed by atoms with E-state index in [1.807, 2.05) is 17.9 Å². The summed E-state index contributed by atoms with van der Waals surface area (Å²) in [6, 6.07) is 7.27. The van der Waals surface area contributed by atoms with E-state index in [9.17, 15) is 0 Å². The Morgan fingerprint density at radius 1 is 1.37 bits per heavy atom. The predicted molar refractivity (Wildman–Crippen MR) is 75.9 cm³/mol. The molecule has 1 aromatic heterocycles. The van der Waals surface area contributed by atoms with Crippen molar-refractivity contribution in [3.63, 3.8) is 0 Å². The fraction of sp³-hybridized carbons (Fsp3) is 0.438. The average Bonchev–Trinajstić information content (AvgIpc) is 2.85. The summed E-state index contributed by atoms with van der Waals surface area (Å²) in [5.74, 6) is 0. The highest BCUT2D eigenvalue weighted by Gasteiger charge is 2.54. The van der Waals surface area contributed by atoms with Crippen LogP contribution in [0.4, 0.5) is 0 Å². The van der Waals surface area contributed by atoms with E-state index in [0.29, 0.717) is 11.5 Å². The summed E-state index contributed by atoms with van der Waals surface area (Å²) in [6.45, 7) is 0. The molecule has 2 aromatic rings. The zero-order valence-corrected chi connectivity index (χ0v) is 11.3. The average molecular weight is 253 g/mol. The van der Waals surface area contributed by atoms with Gasteiger partial charge in [-0.25, -0.2) is 0 Å². The van der Waals surface area contributed by atoms with Gasteiger partial charge < -0.3 is 5.73 Å². The van der Waals surface area contributed by atoms with Gasteiger partial charge in [0, 0.05) is 30.3 Å². The van der Waals surface area contributed by atoms with E-state index in [-0.39, 0.29) is 0 Å². The van der Waals surface area contributed by atoms with Crippen molar-refractivity contribution in [1.82, 2.24) is 9.78 Å². The number of benzene rings is 1. The number of rotatable bonds is 1. The lowest BCUT2D eigenvalue weighted by Gasteiger charge is -2.26. The number of hydrogen-bond acceptors (Lipinski definition) is 2. The fourth-order valence-corrected chi connectivity index (χ4v) is 3.70. The molecule has 1 saturated carbocycles. The van der Waals surface area contributed by atoms with Crippen molar-refractivity contribution in [2.75, 3.05) is 0 Å². The molecule has 3 nitrogen and oxygen atoms in total. The fourth-order valence-electron chi connectivity index (χ4n) is 3.70. The van der Waals surface area contributed by atoms with Crippen molar-refractivity contribution in [1.29, 1.82) is 0 Å². The third kappa shape index (κ3) is 1.58. The number of aryl methyl sites for hydroxylation is 2. The van der Waals surface area contributed by atoms with Crippen LogP contribution in [-0.2, 0) is 18.9 Å². The lowest BCUT2D eigenvalue weighted by Crippen LogP contribution is -2.23. The van der Waals surface area contributed by atoms with Crippen molar-refractivity contribution in [2.24, 2.45) is 12.8 Å². The minimum absolute atomic E-state index is 0.320. The molecule has 3 heteroatoms. The highest BCUT2D eigenvalue weighted by Crippen LogP contribution is 2.54. The standard InChI is InChI=1S/C16H19N3/c1-19-10-13(9-18-19)11-4-5-14-12(7-11)3-2-6-16(14)8-15(16)17/h4-5,7,9-10,15H,2-3,6,8,17H2,1H3. The molecular formula is C16H19N3. The van der Waals surface area contributed by atoms with Gasteiger partial charge in [0.25, 0.3) is 0 Å². The molecule has 0 bridgehead atoms.